The number of carbonyl (C=O) groups excluding carboxylic acids is 1. The Morgan fingerprint density at radius 1 is 0.655 bits per heavy atom. The van der Waals surface area contributed by atoms with Crippen LogP contribution in [-0.2, 0) is 9.53 Å². The third-order valence-corrected chi connectivity index (χ3v) is 3.15. The normalized spacial score (nSPS) is 15.3. The molecule has 0 aliphatic heterocycles. The third kappa shape index (κ3) is 4.05. The second-order valence-electron chi connectivity index (χ2n) is 5.06. The predicted octanol–water partition coefficient (Wildman–Crippen LogP) is 5.66. The minimum atomic E-state index is -8.40. The molecule has 0 heterocycles. The number of hydrogen-bond donors (Lipinski definition) is 0. The highest BCUT2D eigenvalue weighted by Gasteiger charge is 2.93. The van der Waals surface area contributed by atoms with Crippen LogP contribution in [0.3, 0.4) is 0 Å². The van der Waals surface area contributed by atoms with Crippen LogP contribution in [0.15, 0.2) is 11.6 Å². The van der Waals surface area contributed by atoms with Crippen molar-refractivity contribution in [3.63, 3.8) is 0 Å². The standard InChI is InChI=1S/C11H4ClF15O2/c1-3(12)4(28)29-2-5(13,14)6(15,16)7(17,18)8(19,20)9(21,22)10(23,24)11(25,26)27/h1-2H2. The van der Waals surface area contributed by atoms with Gasteiger partial charge in [0.25, 0.3) is 0 Å². The lowest BCUT2D eigenvalue weighted by Gasteiger charge is -2.41. The zero-order chi connectivity index (χ0) is 24.1. The molecule has 2 nitrogen and oxygen atoms in total. The smallest absolute Gasteiger partial charge is 0.455 e. The van der Waals surface area contributed by atoms with Crippen LogP contribution >= 0.6 is 11.6 Å². The van der Waals surface area contributed by atoms with Gasteiger partial charge in [0, 0.05) is 0 Å². The summed E-state index contributed by atoms with van der Waals surface area (Å²) in [5.41, 5.74) is 0. The molecule has 0 fully saturated rings. The van der Waals surface area contributed by atoms with Crippen molar-refractivity contribution >= 4 is 17.6 Å². The Kier molecular flexibility index (Phi) is 6.91. The Bertz CT molecular complexity index is 651. The van der Waals surface area contributed by atoms with Crippen LogP contribution in [-0.4, -0.2) is 54.3 Å². The Labute approximate surface area is 154 Å². The summed E-state index contributed by atoms with van der Waals surface area (Å²) in [6.07, 6.45) is -7.68. The van der Waals surface area contributed by atoms with E-state index in [0.29, 0.717) is 0 Å². The molecule has 0 saturated heterocycles. The van der Waals surface area contributed by atoms with Crippen LogP contribution in [0.5, 0.6) is 0 Å². The van der Waals surface area contributed by atoms with Crippen LogP contribution in [0.1, 0.15) is 0 Å². The molecule has 0 rings (SSSR count). The molecule has 0 aliphatic carbocycles. The zero-order valence-corrected chi connectivity index (χ0v) is 13.5. The van der Waals surface area contributed by atoms with Crippen molar-refractivity contribution in [2.45, 2.75) is 41.7 Å². The Morgan fingerprint density at radius 2 is 0.966 bits per heavy atom. The first-order chi connectivity index (χ1) is 12.3. The number of ether oxygens (including phenoxy) is 1. The maximum Gasteiger partial charge on any atom is 0.460 e. The van der Waals surface area contributed by atoms with Crippen molar-refractivity contribution in [2.24, 2.45) is 0 Å². The van der Waals surface area contributed by atoms with Crippen LogP contribution in [0, 0.1) is 0 Å². The van der Waals surface area contributed by atoms with E-state index in [1.807, 2.05) is 0 Å². The summed E-state index contributed by atoms with van der Waals surface area (Å²) in [6.45, 7) is -0.763. The minimum Gasteiger partial charge on any atom is -0.455 e. The first kappa shape index (κ1) is 27.5. The van der Waals surface area contributed by atoms with Crippen LogP contribution in [0.4, 0.5) is 65.9 Å². The number of halogens is 16. The first-order valence-electron chi connectivity index (χ1n) is 6.18. The van der Waals surface area contributed by atoms with E-state index in [4.69, 9.17) is 11.6 Å². The average molecular weight is 489 g/mol. The topological polar surface area (TPSA) is 26.3 Å². The summed E-state index contributed by atoms with van der Waals surface area (Å²) in [6, 6.07) is 0. The minimum absolute atomic E-state index is 1.34. The molecule has 0 aliphatic rings. The molecule has 0 aromatic heterocycles. The summed E-state index contributed by atoms with van der Waals surface area (Å²) in [4.78, 5) is 10.7. The Morgan fingerprint density at radius 3 is 1.28 bits per heavy atom. The van der Waals surface area contributed by atoms with Gasteiger partial charge in [0.05, 0.1) is 0 Å². The molecule has 0 aromatic carbocycles. The third-order valence-electron chi connectivity index (χ3n) is 3.00. The zero-order valence-electron chi connectivity index (χ0n) is 12.8. The lowest BCUT2D eigenvalue weighted by atomic mass is 9.91. The van der Waals surface area contributed by atoms with E-state index in [-0.39, 0.29) is 0 Å². The summed E-state index contributed by atoms with van der Waals surface area (Å²) >= 11 is 4.73. The maximum absolute atomic E-state index is 13.3. The van der Waals surface area contributed by atoms with Crippen LogP contribution in [0.25, 0.3) is 0 Å². The molecule has 0 saturated carbocycles. The highest BCUT2D eigenvalue weighted by molar-refractivity contribution is 6.40. The highest BCUT2D eigenvalue weighted by Crippen LogP contribution is 2.62. The predicted molar refractivity (Wildman–Crippen MR) is 61.7 cm³/mol. The SMILES string of the molecule is C=C(Cl)C(=O)OCC(F)(F)C(F)(F)C(F)(F)C(F)(F)C(F)(F)C(F)(F)C(F)(F)F. The van der Waals surface area contributed by atoms with Gasteiger partial charge in [0.2, 0.25) is 0 Å². The second kappa shape index (κ2) is 7.30. The molecule has 0 atom stereocenters. The molecule has 172 valence electrons. The number of hydrogen-bond acceptors (Lipinski definition) is 2. The van der Waals surface area contributed by atoms with Gasteiger partial charge < -0.3 is 4.74 Å². The van der Waals surface area contributed by atoms with Crippen LogP contribution < -0.4 is 0 Å². The summed E-state index contributed by atoms with van der Waals surface area (Å²) in [7, 11) is 0. The van der Waals surface area contributed by atoms with Crippen LogP contribution in [0.2, 0.25) is 0 Å². The molecule has 0 amide bonds. The van der Waals surface area contributed by atoms with Crippen molar-refractivity contribution in [1.82, 2.24) is 0 Å². The molecule has 18 heteroatoms. The highest BCUT2D eigenvalue weighted by atomic mass is 35.5. The second-order valence-corrected chi connectivity index (χ2v) is 5.51. The Balaban J connectivity index is 6.28. The fourth-order valence-electron chi connectivity index (χ4n) is 1.32. The molecule has 0 radical (unpaired) electrons. The van der Waals surface area contributed by atoms with Gasteiger partial charge in [-0.3, -0.25) is 0 Å². The van der Waals surface area contributed by atoms with Gasteiger partial charge in [-0.15, -0.1) is 0 Å². The van der Waals surface area contributed by atoms with Gasteiger partial charge in [0.15, 0.2) is 6.61 Å². The fraction of sp³-hybridized carbons (Fsp3) is 0.727. The lowest BCUT2D eigenvalue weighted by Crippen LogP contribution is -2.73. The molecule has 29 heavy (non-hydrogen) atoms. The number of alkyl halides is 15. The van der Waals surface area contributed by atoms with E-state index in [9.17, 15) is 70.7 Å². The molecule has 0 spiro atoms. The van der Waals surface area contributed by atoms with Gasteiger partial charge in [-0.1, -0.05) is 18.2 Å². The van der Waals surface area contributed by atoms with Crippen molar-refractivity contribution in [2.75, 3.05) is 6.61 Å². The number of rotatable bonds is 8. The van der Waals surface area contributed by atoms with E-state index in [1.165, 1.54) is 0 Å². The van der Waals surface area contributed by atoms with Gasteiger partial charge in [-0.25, -0.2) is 4.79 Å². The molecule has 0 aromatic rings. The van der Waals surface area contributed by atoms with Gasteiger partial charge in [-0.05, 0) is 0 Å². The van der Waals surface area contributed by atoms with Crippen molar-refractivity contribution < 1.29 is 75.4 Å². The summed E-state index contributed by atoms with van der Waals surface area (Å²) < 4.78 is 195. The van der Waals surface area contributed by atoms with Gasteiger partial charge in [-0.2, -0.15) is 65.9 Å². The first-order valence-corrected chi connectivity index (χ1v) is 6.56. The Hall–Kier alpha value is -1.55. The van der Waals surface area contributed by atoms with Crippen molar-refractivity contribution in [1.29, 1.82) is 0 Å². The quantitative estimate of drug-likeness (QED) is 0.251. The summed E-state index contributed by atoms with van der Waals surface area (Å²) in [5, 5.41) is -1.34. The number of carbonyl (C=O) groups is 1. The average Bonchev–Trinajstić information content (AvgIpc) is 2.50. The van der Waals surface area contributed by atoms with Gasteiger partial charge in [0.1, 0.15) is 5.03 Å². The largest absolute Gasteiger partial charge is 0.460 e. The maximum atomic E-state index is 13.3. The monoisotopic (exact) mass is 488 g/mol. The molecule has 0 unspecified atom stereocenters. The summed E-state index contributed by atoms with van der Waals surface area (Å²) in [5.74, 6) is -49.7. The molecule has 0 bridgehead atoms. The molecular weight excluding hydrogens is 485 g/mol. The van der Waals surface area contributed by atoms with E-state index >= 15 is 0 Å². The molecule has 0 N–H and O–H groups in total. The van der Waals surface area contributed by atoms with E-state index < -0.39 is 59.3 Å². The van der Waals surface area contributed by atoms with E-state index in [0.717, 1.165) is 0 Å². The number of esters is 1. The molecular formula is C11H4ClF15O2. The lowest BCUT2D eigenvalue weighted by molar-refractivity contribution is -0.453. The fourth-order valence-corrected chi connectivity index (χ4v) is 1.38. The van der Waals surface area contributed by atoms with Crippen molar-refractivity contribution in [3.8, 4) is 0 Å². The van der Waals surface area contributed by atoms with E-state index in [2.05, 4.69) is 11.3 Å². The van der Waals surface area contributed by atoms with Crippen molar-refractivity contribution in [3.05, 3.63) is 11.6 Å². The van der Waals surface area contributed by atoms with Gasteiger partial charge >= 0.3 is 47.7 Å². The van der Waals surface area contributed by atoms with E-state index in [1.54, 1.807) is 0 Å².